The lowest BCUT2D eigenvalue weighted by molar-refractivity contribution is -0.129. The first kappa shape index (κ1) is 15.2. The third kappa shape index (κ3) is 3.27. The summed E-state index contributed by atoms with van der Waals surface area (Å²) in [6.07, 6.45) is 2.34. The molecule has 2 rings (SSSR count). The second kappa shape index (κ2) is 6.50. The fourth-order valence-electron chi connectivity index (χ4n) is 2.46. The van der Waals surface area contributed by atoms with Crippen LogP contribution in [0.25, 0.3) is 0 Å². The Labute approximate surface area is 123 Å². The molecule has 1 aromatic rings. The molecule has 110 valence electrons. The van der Waals surface area contributed by atoms with Crippen LogP contribution in [0.15, 0.2) is 24.3 Å². The monoisotopic (exact) mass is 294 g/mol. The summed E-state index contributed by atoms with van der Waals surface area (Å²) < 4.78 is 11.3. The molecule has 1 aliphatic heterocycles. The Morgan fingerprint density at radius 1 is 1.30 bits per heavy atom. The minimum absolute atomic E-state index is 0.100. The maximum absolute atomic E-state index is 12.4. The van der Waals surface area contributed by atoms with Crippen molar-refractivity contribution in [3.8, 4) is 0 Å². The van der Waals surface area contributed by atoms with Crippen molar-refractivity contribution in [1.29, 1.82) is 0 Å². The average molecular weight is 294 g/mol. The van der Waals surface area contributed by atoms with Gasteiger partial charge in [-0.1, -0.05) is 36.8 Å². The van der Waals surface area contributed by atoms with Crippen molar-refractivity contribution in [2.75, 3.05) is 18.6 Å². The number of nitrogens with zero attached hydrogens (tertiary/aromatic N) is 1. The molecule has 0 radical (unpaired) electrons. The molecular formula is C15H22N2O2S. The van der Waals surface area contributed by atoms with Gasteiger partial charge in [-0.25, -0.2) is 0 Å². The lowest BCUT2D eigenvalue weighted by Gasteiger charge is -2.24. The summed E-state index contributed by atoms with van der Waals surface area (Å²) in [7, 11) is -0.886. The Balaban J connectivity index is 2.21. The summed E-state index contributed by atoms with van der Waals surface area (Å²) >= 11 is 0. The minimum Gasteiger partial charge on any atom is -0.321 e. The average Bonchev–Trinajstić information content (AvgIpc) is 2.74. The smallest absolute Gasteiger partial charge is 0.241 e. The van der Waals surface area contributed by atoms with E-state index in [1.54, 1.807) is 6.26 Å². The van der Waals surface area contributed by atoms with Gasteiger partial charge in [0, 0.05) is 29.4 Å². The largest absolute Gasteiger partial charge is 0.321 e. The fourth-order valence-corrected chi connectivity index (χ4v) is 2.92. The number of rotatable bonds is 5. The number of hydrogen-bond donors (Lipinski definition) is 1. The molecule has 1 aliphatic rings. The summed E-state index contributed by atoms with van der Waals surface area (Å²) in [5.74, 6) is 0.634. The van der Waals surface area contributed by atoms with Gasteiger partial charge in [0.1, 0.15) is 6.17 Å². The first-order valence-electron chi connectivity index (χ1n) is 6.96. The standard InChI is InChI=1S/C15H22N2O2S/c1-4-13-15(18)17(9-10-20(3)19)14(16-13)12-7-5-11(2)6-8-12/h5-8,13-14,16H,4,9-10H2,1-3H3. The molecule has 3 atom stereocenters. The molecule has 1 aromatic carbocycles. The number of amides is 1. The summed E-state index contributed by atoms with van der Waals surface area (Å²) in [5, 5.41) is 3.38. The first-order chi connectivity index (χ1) is 9.52. The van der Waals surface area contributed by atoms with E-state index in [0.717, 1.165) is 12.0 Å². The van der Waals surface area contributed by atoms with Crippen LogP contribution in [0, 0.1) is 6.92 Å². The third-order valence-corrected chi connectivity index (χ3v) is 4.43. The van der Waals surface area contributed by atoms with Crippen molar-refractivity contribution < 1.29 is 9.00 Å². The van der Waals surface area contributed by atoms with Crippen molar-refractivity contribution in [2.24, 2.45) is 0 Å². The van der Waals surface area contributed by atoms with Gasteiger partial charge in [-0.05, 0) is 18.9 Å². The van der Waals surface area contributed by atoms with E-state index in [1.165, 1.54) is 5.56 Å². The fraction of sp³-hybridized carbons (Fsp3) is 0.533. The zero-order chi connectivity index (χ0) is 14.7. The molecule has 20 heavy (non-hydrogen) atoms. The lowest BCUT2D eigenvalue weighted by atomic mass is 10.1. The minimum atomic E-state index is -0.886. The van der Waals surface area contributed by atoms with E-state index in [1.807, 2.05) is 30.9 Å². The van der Waals surface area contributed by atoms with Gasteiger partial charge in [0.2, 0.25) is 5.91 Å². The molecule has 1 N–H and O–H groups in total. The molecule has 5 heteroatoms. The van der Waals surface area contributed by atoms with Crippen molar-refractivity contribution in [1.82, 2.24) is 10.2 Å². The van der Waals surface area contributed by atoms with E-state index in [9.17, 15) is 9.00 Å². The molecule has 0 saturated carbocycles. The topological polar surface area (TPSA) is 49.4 Å². The van der Waals surface area contributed by atoms with Gasteiger partial charge >= 0.3 is 0 Å². The van der Waals surface area contributed by atoms with Crippen molar-refractivity contribution in [3.05, 3.63) is 35.4 Å². The molecule has 1 saturated heterocycles. The highest BCUT2D eigenvalue weighted by Gasteiger charge is 2.38. The Kier molecular flexibility index (Phi) is 4.94. The Morgan fingerprint density at radius 3 is 2.50 bits per heavy atom. The number of hydrogen-bond acceptors (Lipinski definition) is 3. The van der Waals surface area contributed by atoms with Crippen LogP contribution in [0.5, 0.6) is 0 Å². The third-order valence-electron chi connectivity index (χ3n) is 3.67. The Bertz CT molecular complexity index is 501. The molecule has 0 spiro atoms. The molecule has 1 fully saturated rings. The van der Waals surface area contributed by atoms with Crippen molar-refractivity contribution in [3.63, 3.8) is 0 Å². The van der Waals surface area contributed by atoms with Gasteiger partial charge in [0.25, 0.3) is 0 Å². The van der Waals surface area contributed by atoms with E-state index in [-0.39, 0.29) is 18.1 Å². The van der Waals surface area contributed by atoms with Crippen LogP contribution < -0.4 is 5.32 Å². The maximum atomic E-state index is 12.4. The lowest BCUT2D eigenvalue weighted by Crippen LogP contribution is -2.34. The predicted molar refractivity (Wildman–Crippen MR) is 81.8 cm³/mol. The van der Waals surface area contributed by atoms with Crippen LogP contribution in [0.1, 0.15) is 30.6 Å². The summed E-state index contributed by atoms with van der Waals surface area (Å²) in [6, 6.07) is 8.07. The molecule has 0 aliphatic carbocycles. The van der Waals surface area contributed by atoms with Crippen LogP contribution >= 0.6 is 0 Å². The van der Waals surface area contributed by atoms with E-state index in [0.29, 0.717) is 12.3 Å². The molecular weight excluding hydrogens is 272 g/mol. The highest BCUT2D eigenvalue weighted by atomic mass is 32.2. The second-order valence-corrected chi connectivity index (χ2v) is 6.80. The van der Waals surface area contributed by atoms with Crippen LogP contribution in [-0.4, -0.2) is 39.6 Å². The number of aryl methyl sites for hydroxylation is 1. The Hall–Kier alpha value is -1.20. The number of carbonyl (C=O) groups is 1. The predicted octanol–water partition coefficient (Wildman–Crippen LogP) is 1.58. The normalized spacial score (nSPS) is 24.1. The molecule has 4 nitrogen and oxygen atoms in total. The first-order valence-corrected chi connectivity index (χ1v) is 8.68. The van der Waals surface area contributed by atoms with Gasteiger partial charge in [-0.3, -0.25) is 14.3 Å². The highest BCUT2D eigenvalue weighted by molar-refractivity contribution is 7.84. The van der Waals surface area contributed by atoms with E-state index in [4.69, 9.17) is 0 Å². The number of carbonyl (C=O) groups excluding carboxylic acids is 1. The quantitative estimate of drug-likeness (QED) is 0.897. The van der Waals surface area contributed by atoms with Crippen molar-refractivity contribution in [2.45, 2.75) is 32.5 Å². The zero-order valence-electron chi connectivity index (χ0n) is 12.3. The van der Waals surface area contributed by atoms with Crippen LogP contribution in [0.2, 0.25) is 0 Å². The maximum Gasteiger partial charge on any atom is 0.241 e. The molecule has 1 heterocycles. The summed E-state index contributed by atoms with van der Waals surface area (Å²) in [5.41, 5.74) is 2.29. The van der Waals surface area contributed by atoms with Gasteiger partial charge in [0.15, 0.2) is 0 Å². The molecule has 3 unspecified atom stereocenters. The van der Waals surface area contributed by atoms with Crippen LogP contribution in [-0.2, 0) is 15.6 Å². The van der Waals surface area contributed by atoms with Crippen LogP contribution in [0.4, 0.5) is 0 Å². The van der Waals surface area contributed by atoms with E-state index >= 15 is 0 Å². The van der Waals surface area contributed by atoms with Gasteiger partial charge in [0.05, 0.1) is 6.04 Å². The highest BCUT2D eigenvalue weighted by Crippen LogP contribution is 2.26. The summed E-state index contributed by atoms with van der Waals surface area (Å²) in [6.45, 7) is 4.58. The molecule has 0 aromatic heterocycles. The van der Waals surface area contributed by atoms with Gasteiger partial charge in [-0.2, -0.15) is 0 Å². The van der Waals surface area contributed by atoms with E-state index < -0.39 is 10.8 Å². The Morgan fingerprint density at radius 2 is 1.95 bits per heavy atom. The molecule has 1 amide bonds. The summed E-state index contributed by atoms with van der Waals surface area (Å²) in [4.78, 5) is 14.2. The van der Waals surface area contributed by atoms with E-state index in [2.05, 4.69) is 17.4 Å². The zero-order valence-corrected chi connectivity index (χ0v) is 13.1. The SMILES string of the molecule is CCC1NC(c2ccc(C)cc2)N(CCS(C)=O)C1=O. The van der Waals surface area contributed by atoms with Gasteiger partial charge < -0.3 is 4.90 Å². The van der Waals surface area contributed by atoms with Crippen molar-refractivity contribution >= 4 is 16.7 Å². The van der Waals surface area contributed by atoms with Crippen LogP contribution in [0.3, 0.4) is 0 Å². The number of benzene rings is 1. The second-order valence-electron chi connectivity index (χ2n) is 5.25. The van der Waals surface area contributed by atoms with Gasteiger partial charge in [-0.15, -0.1) is 0 Å². The molecule has 0 bridgehead atoms. The number of nitrogens with one attached hydrogen (secondary N) is 1.